The fourth-order valence-corrected chi connectivity index (χ4v) is 4.63. The zero-order valence-corrected chi connectivity index (χ0v) is 19.2. The molecule has 7 heteroatoms. The lowest BCUT2D eigenvalue weighted by Crippen LogP contribution is -2.46. The Bertz CT molecular complexity index is 987. The zero-order valence-electron chi connectivity index (χ0n) is 18.4. The van der Waals surface area contributed by atoms with E-state index >= 15 is 0 Å². The number of pyridine rings is 1. The van der Waals surface area contributed by atoms with Crippen molar-refractivity contribution >= 4 is 21.5 Å². The third kappa shape index (κ3) is 5.21. The van der Waals surface area contributed by atoms with Crippen LogP contribution in [0.4, 0.5) is 11.5 Å². The molecule has 6 nitrogen and oxygen atoms in total. The van der Waals surface area contributed by atoms with Crippen LogP contribution in [0.5, 0.6) is 0 Å². The molecule has 0 radical (unpaired) electrons. The number of nitrogens with one attached hydrogen (secondary N) is 1. The molecule has 1 aromatic carbocycles. The lowest BCUT2D eigenvalue weighted by Gasteiger charge is -2.35. The average molecular weight is 429 g/mol. The number of rotatable bonds is 6. The number of nitrogens with zero attached hydrogens (tertiary/aromatic N) is 3. The SMILES string of the molecule is C=CCN1CCN(c2ccc(NS(=O)(=O)c3ccc(C(C)(C)C)cc3)c(C)n2)CC1. The Hall–Kier alpha value is -2.38. The van der Waals surface area contributed by atoms with Gasteiger partial charge < -0.3 is 4.90 Å². The van der Waals surface area contributed by atoms with E-state index in [4.69, 9.17) is 0 Å². The molecule has 2 heterocycles. The minimum absolute atomic E-state index is 0.0246. The number of hydrogen-bond donors (Lipinski definition) is 1. The van der Waals surface area contributed by atoms with E-state index in [1.807, 2.05) is 31.2 Å². The molecule has 30 heavy (non-hydrogen) atoms. The Labute approximate surface area is 180 Å². The molecule has 1 aliphatic heterocycles. The maximum atomic E-state index is 12.8. The summed E-state index contributed by atoms with van der Waals surface area (Å²) in [4.78, 5) is 9.48. The third-order valence-corrected chi connectivity index (χ3v) is 6.81. The Morgan fingerprint density at radius 2 is 1.70 bits per heavy atom. The summed E-state index contributed by atoms with van der Waals surface area (Å²) in [6.45, 7) is 16.5. The van der Waals surface area contributed by atoms with E-state index in [-0.39, 0.29) is 10.3 Å². The van der Waals surface area contributed by atoms with E-state index in [2.05, 4.69) is 46.9 Å². The van der Waals surface area contributed by atoms with E-state index in [0.717, 1.165) is 44.1 Å². The average Bonchev–Trinajstić information content (AvgIpc) is 2.70. The van der Waals surface area contributed by atoms with E-state index in [1.165, 1.54) is 0 Å². The van der Waals surface area contributed by atoms with Gasteiger partial charge >= 0.3 is 0 Å². The van der Waals surface area contributed by atoms with Gasteiger partial charge in [0.05, 0.1) is 16.3 Å². The van der Waals surface area contributed by atoms with Crippen molar-refractivity contribution < 1.29 is 8.42 Å². The van der Waals surface area contributed by atoms with Crippen LogP contribution in [0.2, 0.25) is 0 Å². The molecule has 2 aromatic rings. The molecule has 0 spiro atoms. The molecule has 0 aliphatic carbocycles. The molecule has 1 fully saturated rings. The predicted octanol–water partition coefficient (Wildman–Crippen LogP) is 3.80. The normalized spacial score (nSPS) is 15.8. The van der Waals surface area contributed by atoms with Crippen LogP contribution in [0.15, 0.2) is 53.9 Å². The molecule has 0 amide bonds. The Kier molecular flexibility index (Phi) is 6.53. The van der Waals surface area contributed by atoms with Gasteiger partial charge in [0, 0.05) is 32.7 Å². The van der Waals surface area contributed by atoms with Crippen LogP contribution in [-0.4, -0.2) is 51.0 Å². The van der Waals surface area contributed by atoms with E-state index in [0.29, 0.717) is 11.4 Å². The molecule has 1 saturated heterocycles. The maximum Gasteiger partial charge on any atom is 0.261 e. The molecule has 0 unspecified atom stereocenters. The van der Waals surface area contributed by atoms with Crippen molar-refractivity contribution in [3.05, 3.63) is 60.3 Å². The molecule has 1 N–H and O–H groups in total. The second-order valence-electron chi connectivity index (χ2n) is 8.76. The fraction of sp³-hybridized carbons (Fsp3) is 0.435. The fourth-order valence-electron chi connectivity index (χ4n) is 3.51. The Morgan fingerprint density at radius 1 is 1.07 bits per heavy atom. The minimum atomic E-state index is -3.67. The highest BCUT2D eigenvalue weighted by Gasteiger charge is 2.20. The summed E-state index contributed by atoms with van der Waals surface area (Å²) in [5, 5.41) is 0. The highest BCUT2D eigenvalue weighted by Crippen LogP contribution is 2.26. The minimum Gasteiger partial charge on any atom is -0.354 e. The van der Waals surface area contributed by atoms with Gasteiger partial charge in [0.15, 0.2) is 0 Å². The summed E-state index contributed by atoms with van der Waals surface area (Å²) >= 11 is 0. The number of aryl methyl sites for hydroxylation is 1. The van der Waals surface area contributed by atoms with Crippen LogP contribution in [0.1, 0.15) is 32.0 Å². The molecular weight excluding hydrogens is 396 g/mol. The molecular formula is C23H32N4O2S. The van der Waals surface area contributed by atoms with Gasteiger partial charge in [-0.2, -0.15) is 0 Å². The van der Waals surface area contributed by atoms with Gasteiger partial charge in [0.1, 0.15) is 5.82 Å². The number of aromatic nitrogens is 1. The van der Waals surface area contributed by atoms with Crippen LogP contribution in [0.25, 0.3) is 0 Å². The Morgan fingerprint density at radius 3 is 2.23 bits per heavy atom. The van der Waals surface area contributed by atoms with Gasteiger partial charge in [0.2, 0.25) is 0 Å². The number of anilines is 2. The van der Waals surface area contributed by atoms with Gasteiger partial charge in [-0.1, -0.05) is 39.0 Å². The van der Waals surface area contributed by atoms with Crippen LogP contribution in [0.3, 0.4) is 0 Å². The van der Waals surface area contributed by atoms with E-state index in [1.54, 1.807) is 18.2 Å². The first kappa shape index (κ1) is 22.3. The maximum absolute atomic E-state index is 12.8. The number of piperazine rings is 1. The van der Waals surface area contributed by atoms with Crippen molar-refractivity contribution in [3.63, 3.8) is 0 Å². The van der Waals surface area contributed by atoms with Gasteiger partial charge in [-0.25, -0.2) is 13.4 Å². The molecule has 1 aromatic heterocycles. The van der Waals surface area contributed by atoms with Crippen LogP contribution in [0, 0.1) is 6.92 Å². The van der Waals surface area contributed by atoms with Gasteiger partial charge in [-0.3, -0.25) is 9.62 Å². The third-order valence-electron chi connectivity index (χ3n) is 5.43. The van der Waals surface area contributed by atoms with Crippen LogP contribution < -0.4 is 9.62 Å². The number of hydrogen-bond acceptors (Lipinski definition) is 5. The summed E-state index contributed by atoms with van der Waals surface area (Å²) in [5.41, 5.74) is 2.24. The smallest absolute Gasteiger partial charge is 0.261 e. The Balaban J connectivity index is 1.72. The number of benzene rings is 1. The second-order valence-corrected chi connectivity index (χ2v) is 10.4. The molecule has 0 saturated carbocycles. The first-order chi connectivity index (χ1) is 14.1. The van der Waals surface area contributed by atoms with Crippen LogP contribution >= 0.6 is 0 Å². The summed E-state index contributed by atoms with van der Waals surface area (Å²) in [5.74, 6) is 0.878. The first-order valence-electron chi connectivity index (χ1n) is 10.3. The summed E-state index contributed by atoms with van der Waals surface area (Å²) < 4.78 is 28.4. The van der Waals surface area contributed by atoms with Crippen molar-refractivity contribution in [2.45, 2.75) is 38.0 Å². The van der Waals surface area contributed by atoms with E-state index < -0.39 is 10.0 Å². The molecule has 0 bridgehead atoms. The lowest BCUT2D eigenvalue weighted by atomic mass is 9.87. The topological polar surface area (TPSA) is 65.5 Å². The molecule has 162 valence electrons. The molecule has 1 aliphatic rings. The highest BCUT2D eigenvalue weighted by atomic mass is 32.2. The van der Waals surface area contributed by atoms with Crippen molar-refractivity contribution in [3.8, 4) is 0 Å². The molecule has 0 atom stereocenters. The second kappa shape index (κ2) is 8.78. The zero-order chi connectivity index (χ0) is 21.9. The molecule has 3 rings (SSSR count). The summed E-state index contributed by atoms with van der Waals surface area (Å²) in [6, 6.07) is 10.7. The van der Waals surface area contributed by atoms with Crippen molar-refractivity contribution in [2.75, 3.05) is 42.3 Å². The quantitative estimate of drug-likeness (QED) is 0.709. The van der Waals surface area contributed by atoms with Crippen LogP contribution in [-0.2, 0) is 15.4 Å². The predicted molar refractivity (Wildman–Crippen MR) is 124 cm³/mol. The van der Waals surface area contributed by atoms with Gasteiger partial charge in [0.25, 0.3) is 10.0 Å². The van der Waals surface area contributed by atoms with E-state index in [9.17, 15) is 8.42 Å². The number of sulfonamides is 1. The van der Waals surface area contributed by atoms with Crippen molar-refractivity contribution in [1.29, 1.82) is 0 Å². The summed E-state index contributed by atoms with van der Waals surface area (Å²) in [7, 11) is -3.67. The first-order valence-corrected chi connectivity index (χ1v) is 11.8. The monoisotopic (exact) mass is 428 g/mol. The van der Waals surface area contributed by atoms with Crippen molar-refractivity contribution in [1.82, 2.24) is 9.88 Å². The standard InChI is InChI=1S/C23H32N4O2S/c1-6-13-26-14-16-27(17-15-26)22-12-11-21(18(2)24-22)25-30(28,29)20-9-7-19(8-10-20)23(3,4)5/h6-12,25H,1,13-17H2,2-5H3. The largest absolute Gasteiger partial charge is 0.354 e. The highest BCUT2D eigenvalue weighted by molar-refractivity contribution is 7.92. The van der Waals surface area contributed by atoms with Crippen molar-refractivity contribution in [2.24, 2.45) is 0 Å². The van der Waals surface area contributed by atoms with Gasteiger partial charge in [-0.05, 0) is 42.2 Å². The summed E-state index contributed by atoms with van der Waals surface area (Å²) in [6.07, 6.45) is 1.93. The van der Waals surface area contributed by atoms with Gasteiger partial charge in [-0.15, -0.1) is 6.58 Å². The lowest BCUT2D eigenvalue weighted by molar-refractivity contribution is 0.283.